The standard InChI is InChI=1S/C20H29NO6/c1-4-6-8-18(23)21-15(20(25)26-3)12-14-10-11-17(16(22)13-14)27-19(24)9-7-5-2/h10-11,13,15,22H,4-9,12H2,1-3H3,(H,21,23)/t15-/m0/s1. The van der Waals surface area contributed by atoms with E-state index >= 15 is 0 Å². The number of methoxy groups -OCH3 is 1. The molecule has 1 aromatic carbocycles. The van der Waals surface area contributed by atoms with Crippen molar-refractivity contribution >= 4 is 17.8 Å². The van der Waals surface area contributed by atoms with Gasteiger partial charge in [0, 0.05) is 19.3 Å². The Morgan fingerprint density at radius 2 is 1.78 bits per heavy atom. The Kier molecular flexibility index (Phi) is 9.93. The van der Waals surface area contributed by atoms with Gasteiger partial charge in [-0.2, -0.15) is 0 Å². The Hall–Kier alpha value is -2.57. The van der Waals surface area contributed by atoms with Gasteiger partial charge in [0.15, 0.2) is 11.5 Å². The topological polar surface area (TPSA) is 102 Å². The number of esters is 2. The molecule has 7 heteroatoms. The summed E-state index contributed by atoms with van der Waals surface area (Å²) in [5.41, 5.74) is 0.604. The number of amides is 1. The van der Waals surface area contributed by atoms with Crippen molar-refractivity contribution in [2.75, 3.05) is 7.11 Å². The normalized spacial score (nSPS) is 11.5. The van der Waals surface area contributed by atoms with Crippen LogP contribution >= 0.6 is 0 Å². The highest BCUT2D eigenvalue weighted by molar-refractivity contribution is 5.84. The van der Waals surface area contributed by atoms with Crippen LogP contribution in [-0.4, -0.2) is 36.1 Å². The van der Waals surface area contributed by atoms with Gasteiger partial charge in [0.25, 0.3) is 0 Å². The monoisotopic (exact) mass is 379 g/mol. The molecule has 2 N–H and O–H groups in total. The third-order valence-electron chi connectivity index (χ3n) is 4.00. The second-order valence-corrected chi connectivity index (χ2v) is 6.33. The predicted octanol–water partition coefficient (Wildman–Crippen LogP) is 2.88. The fourth-order valence-corrected chi connectivity index (χ4v) is 2.45. The summed E-state index contributed by atoms with van der Waals surface area (Å²) < 4.78 is 9.88. The highest BCUT2D eigenvalue weighted by atomic mass is 16.5. The third-order valence-corrected chi connectivity index (χ3v) is 4.00. The van der Waals surface area contributed by atoms with Crippen LogP contribution in [0.3, 0.4) is 0 Å². The van der Waals surface area contributed by atoms with Crippen LogP contribution in [0.1, 0.15) is 57.9 Å². The smallest absolute Gasteiger partial charge is 0.328 e. The molecular formula is C20H29NO6. The van der Waals surface area contributed by atoms with Crippen molar-refractivity contribution in [2.24, 2.45) is 0 Å². The zero-order valence-electron chi connectivity index (χ0n) is 16.2. The Bertz CT molecular complexity index is 643. The lowest BCUT2D eigenvalue weighted by Crippen LogP contribution is -2.43. The molecule has 1 aromatic rings. The maximum atomic E-state index is 12.0. The molecule has 7 nitrogen and oxygen atoms in total. The molecule has 0 aliphatic heterocycles. The number of nitrogens with one attached hydrogen (secondary N) is 1. The van der Waals surface area contributed by atoms with E-state index in [0.717, 1.165) is 25.7 Å². The van der Waals surface area contributed by atoms with E-state index in [1.807, 2.05) is 13.8 Å². The predicted molar refractivity (Wildman–Crippen MR) is 100 cm³/mol. The zero-order valence-corrected chi connectivity index (χ0v) is 16.2. The fraction of sp³-hybridized carbons (Fsp3) is 0.550. The van der Waals surface area contributed by atoms with Crippen LogP contribution in [0.15, 0.2) is 18.2 Å². The number of phenols is 1. The van der Waals surface area contributed by atoms with E-state index in [-0.39, 0.29) is 30.2 Å². The molecule has 0 fully saturated rings. The lowest BCUT2D eigenvalue weighted by atomic mass is 10.0. The van der Waals surface area contributed by atoms with E-state index in [4.69, 9.17) is 9.47 Å². The lowest BCUT2D eigenvalue weighted by molar-refractivity contribution is -0.145. The summed E-state index contributed by atoms with van der Waals surface area (Å²) in [5.74, 6) is -1.32. The van der Waals surface area contributed by atoms with Crippen LogP contribution in [-0.2, 0) is 25.5 Å². The van der Waals surface area contributed by atoms with Crippen molar-refractivity contribution < 1.29 is 29.0 Å². The number of benzene rings is 1. The van der Waals surface area contributed by atoms with Crippen LogP contribution in [0.2, 0.25) is 0 Å². The fourth-order valence-electron chi connectivity index (χ4n) is 2.45. The van der Waals surface area contributed by atoms with Gasteiger partial charge in [0.2, 0.25) is 5.91 Å². The molecule has 0 bridgehead atoms. The van der Waals surface area contributed by atoms with Crippen molar-refractivity contribution in [1.29, 1.82) is 0 Å². The Labute approximate surface area is 160 Å². The first-order valence-corrected chi connectivity index (χ1v) is 9.31. The number of carbonyl (C=O) groups excluding carboxylic acids is 3. The summed E-state index contributed by atoms with van der Waals surface area (Å²) in [6, 6.07) is 3.67. The molecule has 0 heterocycles. The van der Waals surface area contributed by atoms with Gasteiger partial charge >= 0.3 is 11.9 Å². The molecule has 0 saturated carbocycles. The summed E-state index contributed by atoms with van der Waals surface area (Å²) in [4.78, 5) is 35.6. The van der Waals surface area contributed by atoms with E-state index in [0.29, 0.717) is 12.0 Å². The Morgan fingerprint density at radius 1 is 1.11 bits per heavy atom. The van der Waals surface area contributed by atoms with Gasteiger partial charge in [-0.05, 0) is 30.5 Å². The largest absolute Gasteiger partial charge is 0.504 e. The summed E-state index contributed by atoms with van der Waals surface area (Å²) >= 11 is 0. The first-order valence-electron chi connectivity index (χ1n) is 9.31. The van der Waals surface area contributed by atoms with Gasteiger partial charge in [0.1, 0.15) is 6.04 Å². The molecule has 0 aromatic heterocycles. The average Bonchev–Trinajstić information content (AvgIpc) is 2.65. The average molecular weight is 379 g/mol. The molecule has 0 aliphatic carbocycles. The van der Waals surface area contributed by atoms with E-state index in [2.05, 4.69) is 5.32 Å². The molecule has 150 valence electrons. The van der Waals surface area contributed by atoms with Gasteiger partial charge in [-0.15, -0.1) is 0 Å². The Morgan fingerprint density at radius 3 is 2.37 bits per heavy atom. The zero-order chi connectivity index (χ0) is 20.2. The SMILES string of the molecule is CCCCC(=O)N[C@@H](Cc1ccc(OC(=O)CCCC)c(O)c1)C(=O)OC. The van der Waals surface area contributed by atoms with Crippen LogP contribution in [0, 0.1) is 0 Å². The van der Waals surface area contributed by atoms with Crippen LogP contribution in [0.4, 0.5) is 0 Å². The van der Waals surface area contributed by atoms with Crippen molar-refractivity contribution in [3.8, 4) is 11.5 Å². The minimum atomic E-state index is -0.850. The van der Waals surface area contributed by atoms with E-state index < -0.39 is 18.0 Å². The van der Waals surface area contributed by atoms with Gasteiger partial charge in [0.05, 0.1) is 7.11 Å². The molecule has 0 aliphatic rings. The van der Waals surface area contributed by atoms with Gasteiger partial charge in [-0.1, -0.05) is 32.8 Å². The number of aromatic hydroxyl groups is 1. The number of unbranched alkanes of at least 4 members (excludes halogenated alkanes) is 2. The molecule has 1 atom stereocenters. The third kappa shape index (κ3) is 8.11. The van der Waals surface area contributed by atoms with Gasteiger partial charge in [-0.25, -0.2) is 4.79 Å². The maximum Gasteiger partial charge on any atom is 0.328 e. The van der Waals surface area contributed by atoms with Gasteiger partial charge < -0.3 is 19.9 Å². The summed E-state index contributed by atoms with van der Waals surface area (Å²) in [7, 11) is 1.25. The highest BCUT2D eigenvalue weighted by Crippen LogP contribution is 2.28. The van der Waals surface area contributed by atoms with Crippen LogP contribution in [0.25, 0.3) is 0 Å². The molecular weight excluding hydrogens is 350 g/mol. The second-order valence-electron chi connectivity index (χ2n) is 6.33. The van der Waals surface area contributed by atoms with Crippen molar-refractivity contribution in [1.82, 2.24) is 5.32 Å². The van der Waals surface area contributed by atoms with Crippen molar-refractivity contribution in [3.63, 3.8) is 0 Å². The summed E-state index contributed by atoms with van der Waals surface area (Å²) in [6.45, 7) is 3.95. The number of carbonyl (C=O) groups is 3. The van der Waals surface area contributed by atoms with Crippen LogP contribution < -0.4 is 10.1 Å². The molecule has 0 saturated heterocycles. The number of hydrogen-bond acceptors (Lipinski definition) is 6. The molecule has 0 unspecified atom stereocenters. The quantitative estimate of drug-likeness (QED) is 0.453. The summed E-state index contributed by atoms with van der Waals surface area (Å²) in [6.07, 6.45) is 3.98. The minimum absolute atomic E-state index is 0.0708. The van der Waals surface area contributed by atoms with E-state index in [1.165, 1.54) is 19.2 Å². The number of rotatable bonds is 11. The van der Waals surface area contributed by atoms with Crippen molar-refractivity contribution in [3.05, 3.63) is 23.8 Å². The molecule has 27 heavy (non-hydrogen) atoms. The first kappa shape index (κ1) is 22.5. The first-order chi connectivity index (χ1) is 12.9. The second kappa shape index (κ2) is 11.9. The number of phenolic OH excluding ortho intramolecular Hbond substituents is 1. The lowest BCUT2D eigenvalue weighted by Gasteiger charge is -2.17. The summed E-state index contributed by atoms with van der Waals surface area (Å²) in [5, 5.41) is 12.8. The molecule has 0 radical (unpaired) electrons. The van der Waals surface area contributed by atoms with Crippen LogP contribution in [0.5, 0.6) is 11.5 Å². The van der Waals surface area contributed by atoms with E-state index in [1.54, 1.807) is 6.07 Å². The molecule has 0 spiro atoms. The van der Waals surface area contributed by atoms with E-state index in [9.17, 15) is 19.5 Å². The van der Waals surface area contributed by atoms with Gasteiger partial charge in [-0.3, -0.25) is 9.59 Å². The number of ether oxygens (including phenoxy) is 2. The molecule has 1 amide bonds. The molecule has 1 rings (SSSR count). The number of hydrogen-bond donors (Lipinski definition) is 2. The Balaban J connectivity index is 2.78. The minimum Gasteiger partial charge on any atom is -0.504 e. The van der Waals surface area contributed by atoms with Crippen molar-refractivity contribution in [2.45, 2.75) is 64.8 Å². The maximum absolute atomic E-state index is 12.0. The highest BCUT2D eigenvalue weighted by Gasteiger charge is 2.22.